The molecule has 3 saturated carbocycles. The Bertz CT molecular complexity index is 2080. The maximum Gasteiger partial charge on any atom is 0.478 e. The van der Waals surface area contributed by atoms with E-state index in [-0.39, 0.29) is 36.5 Å². The van der Waals surface area contributed by atoms with Crippen molar-refractivity contribution in [2.45, 2.75) is 103 Å². The number of carbonyl (C=O) groups is 5. The van der Waals surface area contributed by atoms with Gasteiger partial charge in [0.25, 0.3) is 5.91 Å². The number of nitrogens with zero attached hydrogens (tertiary/aromatic N) is 1. The number of nitrogens with one attached hydrogen (secondary N) is 4. The molecule has 5 amide bonds. The summed E-state index contributed by atoms with van der Waals surface area (Å²) in [5.41, 5.74) is 5.31. The zero-order chi connectivity index (χ0) is 43.3. The van der Waals surface area contributed by atoms with Crippen LogP contribution in [-0.4, -0.2) is 93.5 Å². The fourth-order valence-corrected chi connectivity index (χ4v) is 9.55. The van der Waals surface area contributed by atoms with Crippen LogP contribution in [0.3, 0.4) is 0 Å². The Hall–Kier alpha value is -5.21. The quantitative estimate of drug-likeness (QED) is 0.186. The molecule has 3 aliphatic carbocycles. The Morgan fingerprint density at radius 3 is 2.39 bits per heavy atom. The third-order valence-corrected chi connectivity index (χ3v) is 13.5. The molecule has 8 rings (SSSR count). The summed E-state index contributed by atoms with van der Waals surface area (Å²) >= 11 is 0. The minimum Gasteiger partial charge on any atom is -0.496 e. The monoisotopic (exact) mass is 833 g/mol. The summed E-state index contributed by atoms with van der Waals surface area (Å²) in [6, 6.07) is 19.0. The highest BCUT2D eigenvalue weighted by atomic mass is 16.7. The number of benzene rings is 3. The van der Waals surface area contributed by atoms with E-state index in [1.54, 1.807) is 31.4 Å². The van der Waals surface area contributed by atoms with Crippen molar-refractivity contribution < 1.29 is 38.0 Å². The summed E-state index contributed by atoms with van der Waals surface area (Å²) < 4.78 is 18.1. The van der Waals surface area contributed by atoms with Crippen LogP contribution in [0.15, 0.2) is 66.7 Å². The first kappa shape index (κ1) is 43.9. The van der Waals surface area contributed by atoms with Crippen LogP contribution in [0.1, 0.15) is 98.8 Å². The van der Waals surface area contributed by atoms with Crippen LogP contribution < -0.4 is 26.0 Å². The molecular weight excluding hydrogens is 773 g/mol. The van der Waals surface area contributed by atoms with E-state index in [0.29, 0.717) is 54.4 Å². The molecule has 0 aromatic heterocycles. The molecule has 14 heteroatoms. The molecule has 0 radical (unpaired) electrons. The van der Waals surface area contributed by atoms with Crippen molar-refractivity contribution in [3.63, 3.8) is 0 Å². The van der Waals surface area contributed by atoms with Crippen LogP contribution in [0, 0.1) is 17.3 Å². The number of fused-ring (bicyclic) bond motifs is 2. The third-order valence-electron chi connectivity index (χ3n) is 13.5. The molecule has 2 heterocycles. The maximum absolute atomic E-state index is 13.9. The molecule has 4 bridgehead atoms. The van der Waals surface area contributed by atoms with E-state index < -0.39 is 49.4 Å². The number of ether oxygens (including phenoxy) is 1. The second-order valence-corrected chi connectivity index (χ2v) is 17.7. The van der Waals surface area contributed by atoms with Gasteiger partial charge in [0.15, 0.2) is 0 Å². The van der Waals surface area contributed by atoms with E-state index >= 15 is 0 Å². The molecule has 13 nitrogen and oxygen atoms in total. The molecule has 61 heavy (non-hydrogen) atoms. The van der Waals surface area contributed by atoms with Gasteiger partial charge < -0.3 is 40.2 Å². The molecule has 4 N–H and O–H groups in total. The van der Waals surface area contributed by atoms with Crippen LogP contribution >= 0.6 is 0 Å². The highest BCUT2D eigenvalue weighted by Gasteiger charge is 2.61. The topological polar surface area (TPSA) is 164 Å². The lowest BCUT2D eigenvalue weighted by Crippen LogP contribution is -2.59. The zero-order valence-corrected chi connectivity index (χ0v) is 36.1. The van der Waals surface area contributed by atoms with Crippen molar-refractivity contribution >= 4 is 36.7 Å². The molecule has 5 aliphatic rings. The number of rotatable bonds is 12. The Kier molecular flexibility index (Phi) is 13.8. The number of amides is 5. The molecule has 4 fully saturated rings. The van der Waals surface area contributed by atoms with Gasteiger partial charge in [-0.25, -0.2) is 0 Å². The number of hydrogen-bond acceptors (Lipinski definition) is 8. The molecule has 3 aromatic carbocycles. The zero-order valence-electron chi connectivity index (χ0n) is 36.1. The van der Waals surface area contributed by atoms with E-state index in [9.17, 15) is 24.0 Å². The van der Waals surface area contributed by atoms with Crippen molar-refractivity contribution in [3.8, 4) is 16.9 Å². The number of hydrogen-bond donors (Lipinski definition) is 4. The predicted octanol–water partition coefficient (Wildman–Crippen LogP) is 4.96. The number of likely N-dealkylation sites (N-methyl/N-ethyl adjacent to an activating group) is 1. The lowest BCUT2D eigenvalue weighted by molar-refractivity contribution is -0.150. The smallest absolute Gasteiger partial charge is 0.478 e. The van der Waals surface area contributed by atoms with Crippen LogP contribution in [-0.2, 0) is 41.3 Å². The second kappa shape index (κ2) is 19.2. The molecule has 1 saturated heterocycles. The minimum atomic E-state index is -1.14. The van der Waals surface area contributed by atoms with Crippen molar-refractivity contribution in [2.75, 3.05) is 33.7 Å². The number of unbranched alkanes of at least 4 members (excludes halogenated alkanes) is 1. The van der Waals surface area contributed by atoms with Gasteiger partial charge >= 0.3 is 7.12 Å². The van der Waals surface area contributed by atoms with Crippen LogP contribution in [0.5, 0.6) is 5.75 Å². The Morgan fingerprint density at radius 1 is 0.951 bits per heavy atom. The van der Waals surface area contributed by atoms with Gasteiger partial charge in [0, 0.05) is 12.6 Å². The fraction of sp³-hybridized carbons (Fsp3) is 0.511. The van der Waals surface area contributed by atoms with Crippen molar-refractivity contribution in [1.29, 1.82) is 0 Å². The van der Waals surface area contributed by atoms with Crippen molar-refractivity contribution in [2.24, 2.45) is 17.3 Å². The third kappa shape index (κ3) is 9.97. The minimum absolute atomic E-state index is 0.0273. The summed E-state index contributed by atoms with van der Waals surface area (Å²) in [4.78, 5) is 68.9. The van der Waals surface area contributed by atoms with Gasteiger partial charge in [0.2, 0.25) is 23.6 Å². The van der Waals surface area contributed by atoms with Crippen molar-refractivity contribution in [3.05, 3.63) is 89.0 Å². The Labute approximate surface area is 359 Å². The largest absolute Gasteiger partial charge is 0.496 e. The second-order valence-electron chi connectivity index (χ2n) is 17.7. The molecule has 6 unspecified atom stereocenters. The SMILES string of the molecule is CCCCc1ccc(-c2ccc(C(=O)NCC(=O)N(C)C3C(=O)NCC(=O)NC(C(=O)NCB4OC5CC6CC(C5O4)C6(C)C)CCCCc4cc3ccc4OC)cc2)cc1. The van der Waals surface area contributed by atoms with Crippen LogP contribution in [0.2, 0.25) is 0 Å². The average molecular weight is 834 g/mol. The first-order valence-electron chi connectivity index (χ1n) is 21.9. The molecule has 2 aliphatic heterocycles. The lowest BCUT2D eigenvalue weighted by Gasteiger charge is -2.60. The van der Waals surface area contributed by atoms with Gasteiger partial charge in [0.05, 0.1) is 38.9 Å². The average Bonchev–Trinajstić information content (AvgIpc) is 3.70. The maximum atomic E-state index is 13.9. The standard InChI is InChI=1S/C47H60BN5O8/c1-6-7-10-29-13-15-30(16-14-29)31-17-19-32(20-18-31)44(56)50-27-41(55)53(4)42-34-21-22-38(59-5)33(23-34)11-8-9-12-37(52-40(54)26-49-46(42)58)45(57)51-28-48-60-39-25-35-24-36(43(39)61-48)47(35,2)3/h13-23,35-37,39,42-43H,6-12,24-28H2,1-5H3,(H,49,58)(H,50,56)(H,51,57)(H,52,54). The first-order chi connectivity index (χ1) is 29.4. The highest BCUT2D eigenvalue weighted by Crippen LogP contribution is 2.61. The van der Waals surface area contributed by atoms with Crippen LogP contribution in [0.4, 0.5) is 0 Å². The van der Waals surface area contributed by atoms with E-state index in [1.807, 2.05) is 18.2 Å². The molecule has 0 spiro atoms. The van der Waals surface area contributed by atoms with Crippen molar-refractivity contribution in [1.82, 2.24) is 26.2 Å². The summed E-state index contributed by atoms with van der Waals surface area (Å²) in [6.07, 6.45) is 7.91. The summed E-state index contributed by atoms with van der Waals surface area (Å²) in [5.74, 6) is -0.733. The number of methoxy groups -OCH3 is 1. The van der Waals surface area contributed by atoms with E-state index in [1.165, 1.54) is 17.5 Å². The molecule has 6 atom stereocenters. The van der Waals surface area contributed by atoms with E-state index in [0.717, 1.165) is 48.8 Å². The van der Waals surface area contributed by atoms with Gasteiger partial charge in [-0.05, 0) is 114 Å². The van der Waals surface area contributed by atoms with Gasteiger partial charge in [-0.2, -0.15) is 0 Å². The Morgan fingerprint density at radius 2 is 1.69 bits per heavy atom. The van der Waals surface area contributed by atoms with Crippen LogP contribution in [0.25, 0.3) is 11.1 Å². The number of aryl methyl sites for hydroxylation is 2. The summed E-state index contributed by atoms with van der Waals surface area (Å²) in [5, 5.41) is 11.1. The highest BCUT2D eigenvalue weighted by molar-refractivity contribution is 6.45. The van der Waals surface area contributed by atoms with Gasteiger partial charge in [0.1, 0.15) is 17.8 Å². The Balaban J connectivity index is 0.967. The van der Waals surface area contributed by atoms with Gasteiger partial charge in [-0.3, -0.25) is 24.0 Å². The van der Waals surface area contributed by atoms with E-state index in [2.05, 4.69) is 66.3 Å². The molecule has 3 aromatic rings. The normalized spacial score (nSPS) is 24.5. The summed E-state index contributed by atoms with van der Waals surface area (Å²) in [7, 11) is 2.51. The molecule has 324 valence electrons. The van der Waals surface area contributed by atoms with E-state index in [4.69, 9.17) is 14.0 Å². The number of carbonyl (C=O) groups excluding carboxylic acids is 5. The summed E-state index contributed by atoms with van der Waals surface area (Å²) in [6.45, 7) is 5.98. The van der Waals surface area contributed by atoms with Gasteiger partial charge in [-0.15, -0.1) is 0 Å². The predicted molar refractivity (Wildman–Crippen MR) is 232 cm³/mol. The fourth-order valence-electron chi connectivity index (χ4n) is 9.55. The molecular formula is C47H60BN5O8. The first-order valence-corrected chi connectivity index (χ1v) is 21.9. The van der Waals surface area contributed by atoms with Gasteiger partial charge in [-0.1, -0.05) is 76.1 Å². The lowest BCUT2D eigenvalue weighted by atomic mass is 9.47.